The maximum absolute atomic E-state index is 3.62. The van der Waals surface area contributed by atoms with Crippen LogP contribution in [0.25, 0.3) is 0 Å². The lowest BCUT2D eigenvalue weighted by Gasteiger charge is -2.30. The zero-order valence-corrected chi connectivity index (χ0v) is 9.37. The molecule has 80 valence electrons. The molecule has 15 heavy (non-hydrogen) atoms. The molecule has 0 aliphatic heterocycles. The van der Waals surface area contributed by atoms with Gasteiger partial charge in [0.05, 0.1) is 0 Å². The highest BCUT2D eigenvalue weighted by molar-refractivity contribution is 5.40. The predicted molar refractivity (Wildman–Crippen MR) is 63.0 cm³/mol. The van der Waals surface area contributed by atoms with Crippen LogP contribution in [0, 0.1) is 11.8 Å². The number of hydrogen-bond acceptors (Lipinski definition) is 1. The van der Waals surface area contributed by atoms with Crippen molar-refractivity contribution in [3.8, 4) is 0 Å². The quantitative estimate of drug-likeness (QED) is 0.789. The van der Waals surface area contributed by atoms with Crippen molar-refractivity contribution in [2.24, 2.45) is 11.8 Å². The molecule has 0 saturated heterocycles. The highest BCUT2D eigenvalue weighted by atomic mass is 14.9. The van der Waals surface area contributed by atoms with Crippen molar-refractivity contribution < 1.29 is 0 Å². The summed E-state index contributed by atoms with van der Waals surface area (Å²) in [7, 11) is 0. The molecule has 0 aromatic heterocycles. The van der Waals surface area contributed by atoms with Gasteiger partial charge in [-0.2, -0.15) is 0 Å². The molecule has 2 aliphatic carbocycles. The summed E-state index contributed by atoms with van der Waals surface area (Å²) in [5, 5.41) is 3.62. The number of nitrogens with one attached hydrogen (secondary N) is 1. The van der Waals surface area contributed by atoms with Crippen LogP contribution in [0.2, 0.25) is 0 Å². The molecular formula is C14H19N. The summed E-state index contributed by atoms with van der Waals surface area (Å²) >= 11 is 0. The Morgan fingerprint density at radius 2 is 2.07 bits per heavy atom. The van der Waals surface area contributed by atoms with Crippen LogP contribution in [-0.2, 0) is 6.42 Å². The van der Waals surface area contributed by atoms with E-state index in [4.69, 9.17) is 0 Å². The van der Waals surface area contributed by atoms with E-state index in [9.17, 15) is 0 Å². The van der Waals surface area contributed by atoms with Gasteiger partial charge >= 0.3 is 0 Å². The van der Waals surface area contributed by atoms with Gasteiger partial charge in [-0.25, -0.2) is 0 Å². The van der Waals surface area contributed by atoms with Crippen LogP contribution in [-0.4, -0.2) is 13.1 Å². The van der Waals surface area contributed by atoms with Crippen LogP contribution in [0.15, 0.2) is 24.3 Å². The predicted octanol–water partition coefficient (Wildman–Crippen LogP) is 2.57. The summed E-state index contributed by atoms with van der Waals surface area (Å²) in [5.41, 5.74) is 3.14. The summed E-state index contributed by atoms with van der Waals surface area (Å²) in [5.74, 6) is 2.74. The maximum atomic E-state index is 3.62. The minimum absolute atomic E-state index is 0.787. The van der Waals surface area contributed by atoms with E-state index < -0.39 is 0 Å². The van der Waals surface area contributed by atoms with Gasteiger partial charge in [-0.1, -0.05) is 31.2 Å². The lowest BCUT2D eigenvalue weighted by molar-refractivity contribution is 0.516. The van der Waals surface area contributed by atoms with Crippen molar-refractivity contribution in [2.75, 3.05) is 13.1 Å². The smallest absolute Gasteiger partial charge is 0.00235 e. The van der Waals surface area contributed by atoms with Crippen LogP contribution in [0.1, 0.15) is 30.4 Å². The van der Waals surface area contributed by atoms with E-state index in [2.05, 4.69) is 36.5 Å². The molecule has 0 spiro atoms. The lowest BCUT2D eigenvalue weighted by atomic mass is 9.77. The molecule has 1 saturated carbocycles. The molecule has 0 bridgehead atoms. The second-order valence-corrected chi connectivity index (χ2v) is 5.23. The minimum Gasteiger partial charge on any atom is -0.316 e. The third-order valence-electron chi connectivity index (χ3n) is 4.03. The van der Waals surface area contributed by atoms with Gasteiger partial charge in [0.1, 0.15) is 0 Å². The standard InChI is InChI=1S/C14H19N/c1-10-6-12(10)8-15-9-13-7-11-4-2-3-5-14(11)13/h2-5,10,12-13,15H,6-9H2,1H3. The van der Waals surface area contributed by atoms with Gasteiger partial charge in [-0.3, -0.25) is 0 Å². The van der Waals surface area contributed by atoms with Gasteiger partial charge in [0.2, 0.25) is 0 Å². The number of fused-ring (bicyclic) bond motifs is 1. The second-order valence-electron chi connectivity index (χ2n) is 5.23. The molecule has 3 atom stereocenters. The fourth-order valence-electron chi connectivity index (χ4n) is 2.67. The highest BCUT2D eigenvalue weighted by Crippen LogP contribution is 2.37. The minimum atomic E-state index is 0.787. The molecule has 3 unspecified atom stereocenters. The zero-order valence-electron chi connectivity index (χ0n) is 9.37. The van der Waals surface area contributed by atoms with E-state index in [0.29, 0.717) is 0 Å². The third-order valence-corrected chi connectivity index (χ3v) is 4.03. The van der Waals surface area contributed by atoms with Crippen molar-refractivity contribution >= 4 is 0 Å². The molecule has 1 nitrogen and oxygen atoms in total. The SMILES string of the molecule is CC1CC1CNCC1Cc2ccccc21. The second kappa shape index (κ2) is 3.64. The highest BCUT2D eigenvalue weighted by Gasteiger charge is 2.32. The molecule has 2 aliphatic rings. The average molecular weight is 201 g/mol. The molecular weight excluding hydrogens is 182 g/mol. The molecule has 1 fully saturated rings. The number of hydrogen-bond donors (Lipinski definition) is 1. The Hall–Kier alpha value is -0.820. The molecule has 1 aromatic rings. The first kappa shape index (κ1) is 9.41. The van der Waals surface area contributed by atoms with E-state index in [1.54, 1.807) is 11.1 Å². The van der Waals surface area contributed by atoms with E-state index in [1.165, 1.54) is 25.9 Å². The molecule has 1 N–H and O–H groups in total. The molecule has 0 heterocycles. The van der Waals surface area contributed by atoms with E-state index in [-0.39, 0.29) is 0 Å². The summed E-state index contributed by atoms with van der Waals surface area (Å²) in [6.45, 7) is 4.77. The van der Waals surface area contributed by atoms with Crippen molar-refractivity contribution in [2.45, 2.75) is 25.7 Å². The van der Waals surface area contributed by atoms with Crippen molar-refractivity contribution in [1.29, 1.82) is 0 Å². The first-order chi connectivity index (χ1) is 7.34. The van der Waals surface area contributed by atoms with Gasteiger partial charge in [-0.05, 0) is 42.3 Å². The Bertz CT molecular complexity index is 358. The first-order valence-electron chi connectivity index (χ1n) is 6.13. The Labute approximate surface area is 91.9 Å². The van der Waals surface area contributed by atoms with Crippen molar-refractivity contribution in [1.82, 2.24) is 5.32 Å². The lowest BCUT2D eigenvalue weighted by Crippen LogP contribution is -2.30. The molecule has 1 heteroatoms. The summed E-state index contributed by atoms with van der Waals surface area (Å²) in [4.78, 5) is 0. The van der Waals surface area contributed by atoms with E-state index in [0.717, 1.165) is 17.8 Å². The van der Waals surface area contributed by atoms with E-state index >= 15 is 0 Å². The molecule has 3 rings (SSSR count). The van der Waals surface area contributed by atoms with Crippen molar-refractivity contribution in [3.05, 3.63) is 35.4 Å². The molecule has 0 amide bonds. The van der Waals surface area contributed by atoms with E-state index in [1.807, 2.05) is 0 Å². The molecule has 1 aromatic carbocycles. The van der Waals surface area contributed by atoms with Crippen LogP contribution in [0.3, 0.4) is 0 Å². The summed E-state index contributed by atoms with van der Waals surface area (Å²) in [6.07, 6.45) is 2.72. The number of rotatable bonds is 4. The van der Waals surface area contributed by atoms with Crippen LogP contribution < -0.4 is 5.32 Å². The van der Waals surface area contributed by atoms with Gasteiger partial charge in [-0.15, -0.1) is 0 Å². The third kappa shape index (κ3) is 1.81. The Balaban J connectivity index is 1.47. The van der Waals surface area contributed by atoms with Gasteiger partial charge < -0.3 is 5.32 Å². The van der Waals surface area contributed by atoms with Crippen LogP contribution >= 0.6 is 0 Å². The van der Waals surface area contributed by atoms with Crippen LogP contribution in [0.4, 0.5) is 0 Å². The van der Waals surface area contributed by atoms with Crippen molar-refractivity contribution in [3.63, 3.8) is 0 Å². The largest absolute Gasteiger partial charge is 0.316 e. The first-order valence-corrected chi connectivity index (χ1v) is 6.13. The van der Waals surface area contributed by atoms with Crippen LogP contribution in [0.5, 0.6) is 0 Å². The monoisotopic (exact) mass is 201 g/mol. The normalized spacial score (nSPS) is 31.9. The number of benzene rings is 1. The fourth-order valence-corrected chi connectivity index (χ4v) is 2.67. The topological polar surface area (TPSA) is 12.0 Å². The fraction of sp³-hybridized carbons (Fsp3) is 0.571. The van der Waals surface area contributed by atoms with Gasteiger partial charge in [0.25, 0.3) is 0 Å². The van der Waals surface area contributed by atoms with Gasteiger partial charge in [0.15, 0.2) is 0 Å². The summed E-state index contributed by atoms with van der Waals surface area (Å²) in [6, 6.07) is 8.85. The Morgan fingerprint density at radius 3 is 2.80 bits per heavy atom. The zero-order chi connectivity index (χ0) is 10.3. The summed E-state index contributed by atoms with van der Waals surface area (Å²) < 4.78 is 0. The molecule has 0 radical (unpaired) electrons. The maximum Gasteiger partial charge on any atom is 0.00235 e. The Morgan fingerprint density at radius 1 is 1.27 bits per heavy atom. The van der Waals surface area contributed by atoms with Gasteiger partial charge in [0, 0.05) is 12.5 Å². The average Bonchev–Trinajstić information content (AvgIpc) is 2.90. The Kier molecular flexibility index (Phi) is 2.28.